The maximum atomic E-state index is 11.6. The van der Waals surface area contributed by atoms with Gasteiger partial charge in [0.2, 0.25) is 5.13 Å². The molecular weight excluding hydrogens is 390 g/mol. The van der Waals surface area contributed by atoms with Gasteiger partial charge in [-0.05, 0) is 61.6 Å². The molecule has 6 nitrogen and oxygen atoms in total. The summed E-state index contributed by atoms with van der Waals surface area (Å²) >= 11 is 6.92. The molecule has 0 saturated carbocycles. The molecule has 0 spiro atoms. The maximum absolute atomic E-state index is 11.6. The Morgan fingerprint density at radius 3 is 2.68 bits per heavy atom. The summed E-state index contributed by atoms with van der Waals surface area (Å²) in [6.45, 7) is 3.37. The first kappa shape index (κ1) is 20.2. The first-order valence-electron chi connectivity index (χ1n) is 8.86. The van der Waals surface area contributed by atoms with Crippen molar-refractivity contribution in [2.75, 3.05) is 19.4 Å². The van der Waals surface area contributed by atoms with Gasteiger partial charge in [-0.1, -0.05) is 35.6 Å². The molecule has 0 atom stereocenters. The summed E-state index contributed by atoms with van der Waals surface area (Å²) in [5, 5.41) is 11.3. The van der Waals surface area contributed by atoms with E-state index in [9.17, 15) is 4.79 Å². The summed E-state index contributed by atoms with van der Waals surface area (Å²) in [5.41, 5.74) is 3.97. The Labute approximate surface area is 173 Å². The highest BCUT2D eigenvalue weighted by Crippen LogP contribution is 2.21. The molecule has 8 heteroatoms. The fourth-order valence-corrected chi connectivity index (χ4v) is 3.80. The SMILES string of the molecule is CNC(=O)c1ccc(CN(C)Cn2nc(Nc3cccc(C)c3)sc2=S)cc1. The van der Waals surface area contributed by atoms with Crippen LogP contribution >= 0.6 is 23.6 Å². The zero-order chi connectivity index (χ0) is 20.1. The van der Waals surface area contributed by atoms with Crippen LogP contribution in [0.1, 0.15) is 21.5 Å². The summed E-state index contributed by atoms with van der Waals surface area (Å²) in [6.07, 6.45) is 0. The predicted molar refractivity (Wildman–Crippen MR) is 117 cm³/mol. The van der Waals surface area contributed by atoms with Gasteiger partial charge < -0.3 is 10.6 Å². The predicted octanol–water partition coefficient (Wildman–Crippen LogP) is 4.18. The molecule has 0 bridgehead atoms. The average molecular weight is 414 g/mol. The van der Waals surface area contributed by atoms with Crippen LogP contribution < -0.4 is 10.6 Å². The van der Waals surface area contributed by atoms with Crippen LogP contribution in [0.2, 0.25) is 0 Å². The highest BCUT2D eigenvalue weighted by atomic mass is 32.1. The van der Waals surface area contributed by atoms with Crippen molar-refractivity contribution in [1.82, 2.24) is 20.0 Å². The maximum Gasteiger partial charge on any atom is 0.251 e. The molecule has 0 radical (unpaired) electrons. The molecular formula is C20H23N5OS2. The minimum absolute atomic E-state index is 0.0812. The third-order valence-electron chi connectivity index (χ3n) is 4.15. The number of rotatable bonds is 7. The van der Waals surface area contributed by atoms with Gasteiger partial charge in [0.1, 0.15) is 0 Å². The average Bonchev–Trinajstić information content (AvgIpc) is 3.00. The van der Waals surface area contributed by atoms with Crippen molar-refractivity contribution in [3.8, 4) is 0 Å². The highest BCUT2D eigenvalue weighted by Gasteiger charge is 2.08. The molecule has 1 heterocycles. The summed E-state index contributed by atoms with van der Waals surface area (Å²) in [7, 11) is 3.64. The lowest BCUT2D eigenvalue weighted by atomic mass is 10.1. The number of hydrogen-bond acceptors (Lipinski definition) is 6. The molecule has 3 rings (SSSR count). The number of benzene rings is 2. The highest BCUT2D eigenvalue weighted by molar-refractivity contribution is 7.73. The van der Waals surface area contributed by atoms with Crippen LogP contribution in [-0.4, -0.2) is 34.7 Å². The number of nitrogens with one attached hydrogen (secondary N) is 2. The molecule has 0 aliphatic heterocycles. The Hall–Kier alpha value is -2.55. The van der Waals surface area contributed by atoms with Crippen molar-refractivity contribution in [3.05, 3.63) is 69.2 Å². The van der Waals surface area contributed by atoms with Gasteiger partial charge in [-0.3, -0.25) is 9.69 Å². The second-order valence-electron chi connectivity index (χ2n) is 6.60. The van der Waals surface area contributed by atoms with Crippen LogP contribution in [0.25, 0.3) is 0 Å². The second kappa shape index (κ2) is 9.09. The van der Waals surface area contributed by atoms with Crippen molar-refractivity contribution in [1.29, 1.82) is 0 Å². The zero-order valence-corrected chi connectivity index (χ0v) is 17.7. The van der Waals surface area contributed by atoms with Crippen LogP contribution in [0.4, 0.5) is 10.8 Å². The second-order valence-corrected chi connectivity index (χ2v) is 8.22. The number of aromatic nitrogens is 2. The molecule has 0 saturated heterocycles. The number of carbonyl (C=O) groups is 1. The number of amides is 1. The van der Waals surface area contributed by atoms with Crippen molar-refractivity contribution >= 4 is 40.3 Å². The molecule has 1 aromatic heterocycles. The van der Waals surface area contributed by atoms with Crippen molar-refractivity contribution in [3.63, 3.8) is 0 Å². The minimum atomic E-state index is -0.0812. The van der Waals surface area contributed by atoms with Gasteiger partial charge in [0.25, 0.3) is 5.91 Å². The molecule has 28 heavy (non-hydrogen) atoms. The number of nitrogens with zero attached hydrogens (tertiary/aromatic N) is 3. The van der Waals surface area contributed by atoms with Crippen LogP contribution in [-0.2, 0) is 13.2 Å². The lowest BCUT2D eigenvalue weighted by Gasteiger charge is -2.16. The Morgan fingerprint density at radius 2 is 2.00 bits per heavy atom. The van der Waals surface area contributed by atoms with Gasteiger partial charge in [-0.15, -0.1) is 5.10 Å². The van der Waals surface area contributed by atoms with Crippen LogP contribution in [0.15, 0.2) is 48.5 Å². The molecule has 2 N–H and O–H groups in total. The van der Waals surface area contributed by atoms with Gasteiger partial charge in [-0.25, -0.2) is 4.68 Å². The summed E-state index contributed by atoms with van der Waals surface area (Å²) < 4.78 is 2.54. The van der Waals surface area contributed by atoms with E-state index in [1.165, 1.54) is 16.9 Å². The van der Waals surface area contributed by atoms with Crippen LogP contribution in [0, 0.1) is 10.9 Å². The van der Waals surface area contributed by atoms with Crippen molar-refractivity contribution < 1.29 is 4.79 Å². The van der Waals surface area contributed by atoms with Gasteiger partial charge >= 0.3 is 0 Å². The Balaban J connectivity index is 1.62. The number of carbonyl (C=O) groups excluding carboxylic acids is 1. The summed E-state index contributed by atoms with van der Waals surface area (Å²) in [5.74, 6) is -0.0812. The third kappa shape index (κ3) is 5.25. The smallest absolute Gasteiger partial charge is 0.251 e. The van der Waals surface area contributed by atoms with E-state index in [1.807, 2.05) is 48.1 Å². The number of hydrogen-bond donors (Lipinski definition) is 2. The van der Waals surface area contributed by atoms with E-state index in [0.29, 0.717) is 12.2 Å². The molecule has 0 unspecified atom stereocenters. The third-order valence-corrected chi connectivity index (χ3v) is 5.37. The lowest BCUT2D eigenvalue weighted by molar-refractivity contribution is 0.0963. The summed E-state index contributed by atoms with van der Waals surface area (Å²) in [4.78, 5) is 13.8. The van der Waals surface area contributed by atoms with Crippen molar-refractivity contribution in [2.45, 2.75) is 20.1 Å². The zero-order valence-electron chi connectivity index (χ0n) is 16.1. The molecule has 0 aliphatic carbocycles. The molecule has 1 amide bonds. The molecule has 0 aliphatic rings. The fraction of sp³-hybridized carbons (Fsp3) is 0.250. The van der Waals surface area contributed by atoms with E-state index in [0.717, 1.165) is 26.9 Å². The van der Waals surface area contributed by atoms with Gasteiger partial charge in [0.15, 0.2) is 3.95 Å². The van der Waals surface area contributed by atoms with Gasteiger partial charge in [0, 0.05) is 24.8 Å². The standard InChI is InChI=1S/C20H23N5OS2/c1-14-5-4-6-17(11-14)22-19-23-25(20(27)28-19)13-24(3)12-15-7-9-16(10-8-15)18(26)21-2/h4-11H,12-13H2,1-3H3,(H,21,26)(H,22,23). The van der Waals surface area contributed by atoms with E-state index < -0.39 is 0 Å². The minimum Gasteiger partial charge on any atom is -0.355 e. The molecule has 0 fully saturated rings. The monoisotopic (exact) mass is 413 g/mol. The molecule has 146 valence electrons. The molecule has 2 aromatic carbocycles. The van der Waals surface area contributed by atoms with E-state index in [-0.39, 0.29) is 5.91 Å². The number of aryl methyl sites for hydroxylation is 1. The molecule has 3 aromatic rings. The van der Waals surface area contributed by atoms with E-state index in [4.69, 9.17) is 12.2 Å². The van der Waals surface area contributed by atoms with Crippen LogP contribution in [0.3, 0.4) is 0 Å². The van der Waals surface area contributed by atoms with Crippen molar-refractivity contribution in [2.24, 2.45) is 0 Å². The Morgan fingerprint density at radius 1 is 1.25 bits per heavy atom. The van der Waals surface area contributed by atoms with E-state index in [2.05, 4.69) is 39.7 Å². The van der Waals surface area contributed by atoms with Crippen LogP contribution in [0.5, 0.6) is 0 Å². The quantitative estimate of drug-likeness (QED) is 0.569. The van der Waals surface area contributed by atoms with E-state index in [1.54, 1.807) is 7.05 Å². The fourth-order valence-electron chi connectivity index (χ4n) is 2.79. The Kier molecular flexibility index (Phi) is 6.56. The first-order chi connectivity index (χ1) is 13.4. The normalized spacial score (nSPS) is 10.9. The Bertz CT molecular complexity index is 1010. The van der Waals surface area contributed by atoms with E-state index >= 15 is 0 Å². The lowest BCUT2D eigenvalue weighted by Crippen LogP contribution is -2.22. The number of anilines is 2. The first-order valence-corrected chi connectivity index (χ1v) is 10.1. The topological polar surface area (TPSA) is 62.2 Å². The summed E-state index contributed by atoms with van der Waals surface area (Å²) in [6, 6.07) is 15.7. The van der Waals surface area contributed by atoms with Gasteiger partial charge in [-0.2, -0.15) is 0 Å². The van der Waals surface area contributed by atoms with Gasteiger partial charge in [0.05, 0.1) is 6.67 Å². The largest absolute Gasteiger partial charge is 0.355 e.